The van der Waals surface area contributed by atoms with E-state index in [0.29, 0.717) is 0 Å². The van der Waals surface area contributed by atoms with Crippen LogP contribution in [0.25, 0.3) is 39.1 Å². The number of hydrogen-bond acceptors (Lipinski definition) is 3. The maximum Gasteiger partial charge on any atom is 0.0645 e. The van der Waals surface area contributed by atoms with Crippen molar-refractivity contribution in [3.63, 3.8) is 0 Å². The highest BCUT2D eigenvalue weighted by Gasteiger charge is 2.22. The van der Waals surface area contributed by atoms with Gasteiger partial charge in [0, 0.05) is 63.0 Å². The van der Waals surface area contributed by atoms with Gasteiger partial charge in [0.15, 0.2) is 0 Å². The Balaban J connectivity index is 1.31. The molecule has 0 atom stereocenters. The maximum absolute atomic E-state index is 4.45. The highest BCUT2D eigenvalue weighted by Crippen LogP contribution is 2.39. The number of nitrogens with zero attached hydrogens (tertiary/aromatic N) is 4. The fraction of sp³-hybridized carbons (Fsp3) is 0.0333. The zero-order chi connectivity index (χ0) is 43.5. The number of rotatable bonds is 15. The molecule has 0 bridgehead atoms. The Morgan fingerprint density at radius 2 is 1.08 bits per heavy atom. The molecule has 0 saturated heterocycles. The monoisotopic (exact) mass is 826 g/mol. The smallest absolute Gasteiger partial charge is 0.0645 e. The molecule has 4 heteroatoms. The Bertz CT molecular complexity index is 3020. The van der Waals surface area contributed by atoms with E-state index in [4.69, 9.17) is 0 Å². The molecule has 1 aliphatic rings. The van der Waals surface area contributed by atoms with Gasteiger partial charge in [-0.3, -0.25) is 0 Å². The molecule has 0 aliphatic heterocycles. The third kappa shape index (κ3) is 8.85. The number of para-hydroxylation sites is 4. The van der Waals surface area contributed by atoms with Gasteiger partial charge < -0.3 is 19.3 Å². The van der Waals surface area contributed by atoms with Crippen LogP contribution >= 0.6 is 0 Å². The van der Waals surface area contributed by atoms with Crippen LogP contribution in [0.4, 0.5) is 28.4 Å². The zero-order valence-corrected chi connectivity index (χ0v) is 35.9. The van der Waals surface area contributed by atoms with E-state index < -0.39 is 0 Å². The van der Waals surface area contributed by atoms with Gasteiger partial charge in [0.05, 0.1) is 16.7 Å². The Kier molecular flexibility index (Phi) is 12.6. The highest BCUT2D eigenvalue weighted by molar-refractivity contribution is 6.10. The van der Waals surface area contributed by atoms with Gasteiger partial charge in [-0.1, -0.05) is 159 Å². The molecule has 4 nitrogen and oxygen atoms in total. The first-order valence-corrected chi connectivity index (χ1v) is 21.8. The second kappa shape index (κ2) is 19.6. The predicted molar refractivity (Wildman–Crippen MR) is 275 cm³/mol. The van der Waals surface area contributed by atoms with Crippen molar-refractivity contribution in [3.05, 3.63) is 279 Å². The van der Waals surface area contributed by atoms with E-state index in [1.807, 2.05) is 18.2 Å². The van der Waals surface area contributed by atoms with Crippen LogP contribution in [0.15, 0.2) is 279 Å². The largest absolute Gasteiger partial charge is 0.316 e. The molecule has 1 heterocycles. The molecule has 0 fully saturated rings. The van der Waals surface area contributed by atoms with Gasteiger partial charge in [0.1, 0.15) is 0 Å². The summed E-state index contributed by atoms with van der Waals surface area (Å²) in [4.78, 5) is 7.01. The summed E-state index contributed by atoms with van der Waals surface area (Å²) < 4.78 is 2.27. The van der Waals surface area contributed by atoms with E-state index >= 15 is 0 Å². The molecule has 1 aliphatic carbocycles. The van der Waals surface area contributed by atoms with Crippen molar-refractivity contribution in [3.8, 4) is 11.1 Å². The summed E-state index contributed by atoms with van der Waals surface area (Å²) in [7, 11) is 0. The predicted octanol–water partition coefficient (Wildman–Crippen LogP) is 16.3. The van der Waals surface area contributed by atoms with Crippen molar-refractivity contribution in [2.24, 2.45) is 0 Å². The summed E-state index contributed by atoms with van der Waals surface area (Å²) in [5.74, 6) is 0. The van der Waals surface area contributed by atoms with Crippen LogP contribution in [-0.4, -0.2) is 4.57 Å². The van der Waals surface area contributed by atoms with Crippen LogP contribution in [0, 0.1) is 0 Å². The van der Waals surface area contributed by atoms with Crippen LogP contribution in [-0.2, 0) is 0 Å². The average molecular weight is 827 g/mol. The number of benzene rings is 7. The third-order valence-corrected chi connectivity index (χ3v) is 11.4. The summed E-state index contributed by atoms with van der Waals surface area (Å²) in [5, 5.41) is 2.34. The third-order valence-electron chi connectivity index (χ3n) is 11.4. The van der Waals surface area contributed by atoms with Gasteiger partial charge in [0.2, 0.25) is 0 Å². The zero-order valence-electron chi connectivity index (χ0n) is 35.9. The second-order valence-electron chi connectivity index (χ2n) is 15.5. The summed E-state index contributed by atoms with van der Waals surface area (Å²) in [5.41, 5.74) is 12.9. The molecule has 64 heavy (non-hydrogen) atoms. The quantitative estimate of drug-likeness (QED) is 0.0957. The molecule has 310 valence electrons. The summed E-state index contributed by atoms with van der Waals surface area (Å²) in [6.45, 7) is 8.29. The minimum atomic E-state index is 0.883. The van der Waals surface area contributed by atoms with Crippen LogP contribution < -0.4 is 14.7 Å². The Labute approximate surface area is 377 Å². The number of hydrogen-bond donors (Lipinski definition) is 0. The van der Waals surface area contributed by atoms with E-state index in [-0.39, 0.29) is 0 Å². The minimum absolute atomic E-state index is 0.883. The molecular weight excluding hydrogens is 777 g/mol. The summed E-state index contributed by atoms with van der Waals surface area (Å²) >= 11 is 0. The van der Waals surface area contributed by atoms with Crippen molar-refractivity contribution < 1.29 is 0 Å². The molecule has 7 aromatic carbocycles. The van der Waals surface area contributed by atoms with E-state index in [2.05, 4.69) is 263 Å². The minimum Gasteiger partial charge on any atom is -0.316 e. The van der Waals surface area contributed by atoms with E-state index in [0.717, 1.165) is 74.7 Å². The van der Waals surface area contributed by atoms with Gasteiger partial charge in [-0.25, -0.2) is 0 Å². The second-order valence-corrected chi connectivity index (χ2v) is 15.5. The maximum atomic E-state index is 4.45. The van der Waals surface area contributed by atoms with Crippen molar-refractivity contribution in [1.82, 2.24) is 4.57 Å². The SMILES string of the molecule is C=C/C=C\C=C/n1c2ccccc2c2cc(N(/C=C(\C=C(/C=C)N(c3ccccc3)c3ccccc3)N(C3=CC=CCC3)c3ccccc3)c3ccc(-c4ccccc4)cc3)ccc21. The van der Waals surface area contributed by atoms with Gasteiger partial charge >= 0.3 is 0 Å². The van der Waals surface area contributed by atoms with Crippen molar-refractivity contribution in [1.29, 1.82) is 0 Å². The molecule has 0 unspecified atom stereocenters. The standard InChI is InChI=1S/C60H50N4/c1-3-5-6-24-43-61-59-36-23-22-35-57(59)58-45-55(41-42-60(58)61)62(50-39-37-48(38-40-50)47-25-12-7-13-26-47)46-56(64(53-31-18-10-19-32-53)54-33-20-11-21-34-54)44-49(4-2)63(51-27-14-8-15-28-51)52-29-16-9-17-30-52/h3-20,22-33,35-46H,1-2,21,34H2/b6-5-,43-24-,49-44+,56-46+. The van der Waals surface area contributed by atoms with Crippen LogP contribution in [0.5, 0.6) is 0 Å². The topological polar surface area (TPSA) is 14.7 Å². The van der Waals surface area contributed by atoms with Gasteiger partial charge in [-0.2, -0.15) is 0 Å². The van der Waals surface area contributed by atoms with Crippen LogP contribution in [0.1, 0.15) is 12.8 Å². The van der Waals surface area contributed by atoms with Gasteiger partial charge in [-0.05, 0) is 121 Å². The lowest BCUT2D eigenvalue weighted by Crippen LogP contribution is -2.25. The lowest BCUT2D eigenvalue weighted by atomic mass is 10.0. The van der Waals surface area contributed by atoms with Crippen molar-refractivity contribution >= 4 is 56.4 Å². The number of anilines is 5. The van der Waals surface area contributed by atoms with E-state index in [9.17, 15) is 0 Å². The first-order chi connectivity index (χ1) is 31.7. The Morgan fingerprint density at radius 3 is 1.70 bits per heavy atom. The molecule has 0 N–H and O–H groups in total. The van der Waals surface area contributed by atoms with Gasteiger partial charge in [0.25, 0.3) is 0 Å². The number of fused-ring (bicyclic) bond motifs is 3. The molecule has 1 aromatic heterocycles. The number of aromatic nitrogens is 1. The van der Waals surface area contributed by atoms with Crippen LogP contribution in [0.2, 0.25) is 0 Å². The fourth-order valence-electron chi connectivity index (χ4n) is 8.42. The Hall–Kier alpha value is -8.34. The molecule has 0 saturated carbocycles. The average Bonchev–Trinajstić information content (AvgIpc) is 3.68. The van der Waals surface area contributed by atoms with Gasteiger partial charge in [-0.15, -0.1) is 0 Å². The van der Waals surface area contributed by atoms with Crippen LogP contribution in [0.3, 0.4) is 0 Å². The van der Waals surface area contributed by atoms with E-state index in [1.54, 1.807) is 6.08 Å². The summed E-state index contributed by atoms with van der Waals surface area (Å²) in [6, 6.07) is 66.6. The molecule has 9 rings (SSSR count). The molecule has 0 radical (unpaired) electrons. The fourth-order valence-corrected chi connectivity index (χ4v) is 8.42. The van der Waals surface area contributed by atoms with Crippen molar-refractivity contribution in [2.75, 3.05) is 14.7 Å². The normalized spacial score (nSPS) is 13.1. The molecule has 0 spiro atoms. The molecule has 0 amide bonds. The lowest BCUT2D eigenvalue weighted by molar-refractivity contribution is 0.897. The van der Waals surface area contributed by atoms with E-state index in [1.165, 1.54) is 16.6 Å². The lowest BCUT2D eigenvalue weighted by Gasteiger charge is -2.33. The molecule has 8 aromatic rings. The summed E-state index contributed by atoms with van der Waals surface area (Å²) in [6.07, 6.45) is 24.9. The first kappa shape index (κ1) is 41.0. The Morgan fingerprint density at radius 1 is 0.500 bits per heavy atom. The molecular formula is C60H50N4. The van der Waals surface area contributed by atoms with Crippen molar-refractivity contribution in [2.45, 2.75) is 12.8 Å². The first-order valence-electron chi connectivity index (χ1n) is 21.8. The highest BCUT2D eigenvalue weighted by atomic mass is 15.2. The number of allylic oxidation sites excluding steroid dienone is 10.